The molecule has 3 aliphatic rings. The highest BCUT2D eigenvalue weighted by Gasteiger charge is 2.46. The number of benzene rings is 1. The Kier molecular flexibility index (Phi) is 2.50. The van der Waals surface area contributed by atoms with E-state index < -0.39 is 0 Å². The molecular formula is C15H18O4. The maximum atomic E-state index is 9.12. The van der Waals surface area contributed by atoms with E-state index in [2.05, 4.69) is 12.1 Å². The molecule has 0 spiro atoms. The van der Waals surface area contributed by atoms with Crippen LogP contribution in [-0.4, -0.2) is 24.6 Å². The minimum Gasteiger partial charge on any atom is -0.454 e. The molecule has 4 nitrogen and oxygen atoms in total. The standard InChI is InChI=1S/C15H18O4/c16-5-1-3-15-4-2-11(19-15)6-10-7-13-14(8-12(10)15)18-9-17-13/h7-8,11,16H,1-6,9H2/t11-,15+/m1/s1. The molecule has 0 amide bonds. The van der Waals surface area contributed by atoms with Crippen molar-refractivity contribution in [3.05, 3.63) is 23.3 Å². The van der Waals surface area contributed by atoms with Crippen molar-refractivity contribution in [1.82, 2.24) is 0 Å². The molecule has 2 atom stereocenters. The highest BCUT2D eigenvalue weighted by Crippen LogP contribution is 2.51. The minimum atomic E-state index is -0.206. The third-order valence-corrected chi connectivity index (χ3v) is 4.54. The first-order valence-corrected chi connectivity index (χ1v) is 7.02. The molecule has 0 saturated carbocycles. The van der Waals surface area contributed by atoms with Gasteiger partial charge in [-0.25, -0.2) is 0 Å². The smallest absolute Gasteiger partial charge is 0.231 e. The Labute approximate surface area is 112 Å². The van der Waals surface area contributed by atoms with E-state index in [0.29, 0.717) is 12.9 Å². The molecule has 2 bridgehead atoms. The van der Waals surface area contributed by atoms with E-state index in [0.717, 1.165) is 43.6 Å². The number of hydrogen-bond donors (Lipinski definition) is 1. The number of aliphatic hydroxyl groups is 1. The summed E-state index contributed by atoms with van der Waals surface area (Å²) in [6.45, 7) is 0.530. The summed E-state index contributed by atoms with van der Waals surface area (Å²) in [5.41, 5.74) is 2.37. The minimum absolute atomic E-state index is 0.206. The van der Waals surface area contributed by atoms with E-state index in [9.17, 15) is 0 Å². The Morgan fingerprint density at radius 3 is 2.95 bits per heavy atom. The first-order valence-electron chi connectivity index (χ1n) is 7.02. The van der Waals surface area contributed by atoms with Crippen molar-refractivity contribution >= 4 is 0 Å². The maximum absolute atomic E-state index is 9.12. The van der Waals surface area contributed by atoms with Crippen LogP contribution in [0.5, 0.6) is 11.5 Å². The Morgan fingerprint density at radius 2 is 2.11 bits per heavy atom. The van der Waals surface area contributed by atoms with Crippen LogP contribution in [0.2, 0.25) is 0 Å². The van der Waals surface area contributed by atoms with Gasteiger partial charge in [-0.05, 0) is 55.4 Å². The third kappa shape index (κ3) is 1.66. The van der Waals surface area contributed by atoms with Gasteiger partial charge in [0.1, 0.15) is 0 Å². The Hall–Kier alpha value is -1.26. The second kappa shape index (κ2) is 4.12. The molecular weight excluding hydrogens is 244 g/mol. The van der Waals surface area contributed by atoms with Gasteiger partial charge in [0.25, 0.3) is 0 Å². The Bertz CT molecular complexity index is 513. The zero-order valence-electron chi connectivity index (χ0n) is 10.9. The molecule has 4 heteroatoms. The van der Waals surface area contributed by atoms with Crippen molar-refractivity contribution in [2.24, 2.45) is 0 Å². The third-order valence-electron chi connectivity index (χ3n) is 4.54. The molecule has 4 rings (SSSR count). The normalized spacial score (nSPS) is 30.5. The molecule has 0 radical (unpaired) electrons. The topological polar surface area (TPSA) is 47.9 Å². The van der Waals surface area contributed by atoms with Gasteiger partial charge < -0.3 is 19.3 Å². The van der Waals surface area contributed by atoms with E-state index in [4.69, 9.17) is 19.3 Å². The number of ether oxygens (including phenoxy) is 3. The first kappa shape index (κ1) is 11.6. The zero-order valence-corrected chi connectivity index (χ0v) is 10.9. The van der Waals surface area contributed by atoms with Crippen LogP contribution in [0.1, 0.15) is 36.8 Å². The van der Waals surface area contributed by atoms with Crippen LogP contribution in [0.25, 0.3) is 0 Å². The van der Waals surface area contributed by atoms with E-state index in [1.807, 2.05) is 0 Å². The van der Waals surface area contributed by atoms with Gasteiger partial charge in [-0.2, -0.15) is 0 Å². The number of fused-ring (bicyclic) bond motifs is 5. The summed E-state index contributed by atoms with van der Waals surface area (Å²) in [4.78, 5) is 0. The molecule has 0 aromatic heterocycles. The van der Waals surface area contributed by atoms with Crippen LogP contribution in [0, 0.1) is 0 Å². The lowest BCUT2D eigenvalue weighted by Gasteiger charge is -2.36. The average Bonchev–Trinajstić information content (AvgIpc) is 3.00. The highest BCUT2D eigenvalue weighted by molar-refractivity contribution is 5.52. The first-order chi connectivity index (χ1) is 9.31. The quantitative estimate of drug-likeness (QED) is 0.906. The molecule has 1 N–H and O–H groups in total. The fourth-order valence-corrected chi connectivity index (χ4v) is 3.68. The van der Waals surface area contributed by atoms with Gasteiger partial charge in [0, 0.05) is 6.61 Å². The van der Waals surface area contributed by atoms with E-state index in [-0.39, 0.29) is 12.2 Å². The van der Waals surface area contributed by atoms with Crippen molar-refractivity contribution in [3.8, 4) is 11.5 Å². The number of rotatable bonds is 3. The molecule has 0 aliphatic carbocycles. The summed E-state index contributed by atoms with van der Waals surface area (Å²) in [6, 6.07) is 4.21. The van der Waals surface area contributed by atoms with Gasteiger partial charge in [-0.1, -0.05) is 0 Å². The van der Waals surface area contributed by atoms with Crippen molar-refractivity contribution in [2.45, 2.75) is 43.8 Å². The largest absolute Gasteiger partial charge is 0.454 e. The van der Waals surface area contributed by atoms with Crippen LogP contribution in [-0.2, 0) is 16.8 Å². The van der Waals surface area contributed by atoms with Gasteiger partial charge in [-0.3, -0.25) is 0 Å². The fourth-order valence-electron chi connectivity index (χ4n) is 3.68. The predicted molar refractivity (Wildman–Crippen MR) is 68.4 cm³/mol. The van der Waals surface area contributed by atoms with Crippen LogP contribution in [0.4, 0.5) is 0 Å². The molecule has 3 aliphatic heterocycles. The summed E-state index contributed by atoms with van der Waals surface area (Å²) in [5.74, 6) is 1.69. The summed E-state index contributed by atoms with van der Waals surface area (Å²) < 4.78 is 17.2. The fraction of sp³-hybridized carbons (Fsp3) is 0.600. The lowest BCUT2D eigenvalue weighted by atomic mass is 9.83. The van der Waals surface area contributed by atoms with Crippen molar-refractivity contribution in [3.63, 3.8) is 0 Å². The van der Waals surface area contributed by atoms with Crippen molar-refractivity contribution < 1.29 is 19.3 Å². The van der Waals surface area contributed by atoms with Gasteiger partial charge in [-0.15, -0.1) is 0 Å². The molecule has 1 fully saturated rings. The van der Waals surface area contributed by atoms with Gasteiger partial charge >= 0.3 is 0 Å². The van der Waals surface area contributed by atoms with E-state index >= 15 is 0 Å². The summed E-state index contributed by atoms with van der Waals surface area (Å²) in [5, 5.41) is 9.12. The van der Waals surface area contributed by atoms with E-state index in [1.54, 1.807) is 0 Å². The second-order valence-corrected chi connectivity index (χ2v) is 5.67. The second-order valence-electron chi connectivity index (χ2n) is 5.67. The monoisotopic (exact) mass is 262 g/mol. The highest BCUT2D eigenvalue weighted by atomic mass is 16.7. The van der Waals surface area contributed by atoms with Gasteiger partial charge in [0.05, 0.1) is 11.7 Å². The summed E-state index contributed by atoms with van der Waals surface area (Å²) in [6.07, 6.45) is 5.10. The molecule has 19 heavy (non-hydrogen) atoms. The zero-order chi connectivity index (χ0) is 12.9. The molecule has 1 aromatic rings. The summed E-state index contributed by atoms with van der Waals surface area (Å²) in [7, 11) is 0. The number of aliphatic hydroxyl groups excluding tert-OH is 1. The van der Waals surface area contributed by atoms with Crippen LogP contribution >= 0.6 is 0 Å². The SMILES string of the molecule is OCCC[C@]12CC[C@H](Cc3cc4c(cc31)OCO4)O2. The van der Waals surface area contributed by atoms with E-state index in [1.165, 1.54) is 11.1 Å². The Balaban J connectivity index is 1.79. The Morgan fingerprint density at radius 1 is 1.26 bits per heavy atom. The maximum Gasteiger partial charge on any atom is 0.231 e. The van der Waals surface area contributed by atoms with Crippen LogP contribution in [0.3, 0.4) is 0 Å². The van der Waals surface area contributed by atoms with Gasteiger partial charge in [0.2, 0.25) is 6.79 Å². The van der Waals surface area contributed by atoms with Crippen LogP contribution < -0.4 is 9.47 Å². The molecule has 102 valence electrons. The molecule has 0 unspecified atom stereocenters. The van der Waals surface area contributed by atoms with Crippen molar-refractivity contribution in [2.75, 3.05) is 13.4 Å². The number of hydrogen-bond acceptors (Lipinski definition) is 4. The summed E-state index contributed by atoms with van der Waals surface area (Å²) >= 11 is 0. The average molecular weight is 262 g/mol. The van der Waals surface area contributed by atoms with Gasteiger partial charge in [0.15, 0.2) is 11.5 Å². The van der Waals surface area contributed by atoms with Crippen LogP contribution in [0.15, 0.2) is 12.1 Å². The van der Waals surface area contributed by atoms with Crippen molar-refractivity contribution in [1.29, 1.82) is 0 Å². The molecule has 1 saturated heterocycles. The predicted octanol–water partition coefficient (Wildman–Crippen LogP) is 2.12. The lowest BCUT2D eigenvalue weighted by molar-refractivity contribution is -0.0653. The molecule has 3 heterocycles. The lowest BCUT2D eigenvalue weighted by Crippen LogP contribution is -2.33. The molecule has 1 aromatic carbocycles.